The standard InChI is InChI=1S/C18H28N2O/c1-6-13(4)16-18(21)20(14(5)7-2)17(19-16)15-10-8-12(3)9-11-15/h8-11,13-14,16-17,19H,6-7H2,1-5H3. The van der Waals surface area contributed by atoms with Crippen LogP contribution in [0, 0.1) is 12.8 Å². The van der Waals surface area contributed by atoms with E-state index in [0.717, 1.165) is 12.8 Å². The van der Waals surface area contributed by atoms with E-state index in [9.17, 15) is 4.79 Å². The summed E-state index contributed by atoms with van der Waals surface area (Å²) in [4.78, 5) is 14.9. The zero-order chi connectivity index (χ0) is 15.6. The van der Waals surface area contributed by atoms with Gasteiger partial charge in [0.15, 0.2) is 0 Å². The molecule has 4 unspecified atom stereocenters. The molecule has 1 aromatic carbocycles. The van der Waals surface area contributed by atoms with E-state index in [4.69, 9.17) is 0 Å². The van der Waals surface area contributed by atoms with E-state index in [2.05, 4.69) is 64.2 Å². The summed E-state index contributed by atoms with van der Waals surface area (Å²) in [5.74, 6) is 0.615. The first-order valence-electron chi connectivity index (χ1n) is 8.14. The molecule has 0 aromatic heterocycles. The summed E-state index contributed by atoms with van der Waals surface area (Å²) < 4.78 is 0. The van der Waals surface area contributed by atoms with Gasteiger partial charge in [-0.25, -0.2) is 0 Å². The van der Waals surface area contributed by atoms with Gasteiger partial charge >= 0.3 is 0 Å². The molecular formula is C18H28N2O. The molecule has 116 valence electrons. The highest BCUT2D eigenvalue weighted by molar-refractivity contribution is 5.85. The molecule has 4 atom stereocenters. The number of nitrogens with one attached hydrogen (secondary N) is 1. The molecule has 1 aliphatic rings. The maximum Gasteiger partial charge on any atom is 0.241 e. The Morgan fingerprint density at radius 1 is 1.14 bits per heavy atom. The fraction of sp³-hybridized carbons (Fsp3) is 0.611. The van der Waals surface area contributed by atoms with Gasteiger partial charge in [-0.05, 0) is 31.7 Å². The number of nitrogens with zero attached hydrogens (tertiary/aromatic N) is 1. The Labute approximate surface area is 128 Å². The first kappa shape index (κ1) is 16.0. The van der Waals surface area contributed by atoms with E-state index in [1.165, 1.54) is 11.1 Å². The highest BCUT2D eigenvalue weighted by Gasteiger charge is 2.43. The molecule has 1 saturated heterocycles. The molecular weight excluding hydrogens is 260 g/mol. The lowest BCUT2D eigenvalue weighted by Crippen LogP contribution is -2.39. The zero-order valence-electron chi connectivity index (χ0n) is 13.9. The minimum absolute atomic E-state index is 0.00653. The van der Waals surface area contributed by atoms with E-state index in [1.807, 2.05) is 4.90 Å². The second-order valence-corrected chi connectivity index (χ2v) is 6.35. The Morgan fingerprint density at radius 2 is 1.76 bits per heavy atom. The molecule has 0 bridgehead atoms. The highest BCUT2D eigenvalue weighted by Crippen LogP contribution is 2.31. The monoisotopic (exact) mass is 288 g/mol. The Bertz CT molecular complexity index is 482. The predicted molar refractivity (Wildman–Crippen MR) is 86.9 cm³/mol. The number of amides is 1. The molecule has 0 spiro atoms. The maximum atomic E-state index is 12.8. The van der Waals surface area contributed by atoms with E-state index in [-0.39, 0.29) is 24.2 Å². The fourth-order valence-electron chi connectivity index (χ4n) is 2.93. The van der Waals surface area contributed by atoms with Crippen LogP contribution in [0.25, 0.3) is 0 Å². The third-order valence-electron chi connectivity index (χ3n) is 4.81. The SMILES string of the molecule is CCC(C)C1NC(c2ccc(C)cc2)N(C(C)CC)C1=O. The minimum atomic E-state index is -0.0599. The van der Waals surface area contributed by atoms with Gasteiger partial charge in [-0.1, -0.05) is 57.0 Å². The van der Waals surface area contributed by atoms with Crippen molar-refractivity contribution in [1.29, 1.82) is 0 Å². The second kappa shape index (κ2) is 6.61. The first-order chi connectivity index (χ1) is 9.99. The topological polar surface area (TPSA) is 32.3 Å². The zero-order valence-corrected chi connectivity index (χ0v) is 13.9. The van der Waals surface area contributed by atoms with Crippen molar-refractivity contribution >= 4 is 5.91 Å². The average Bonchev–Trinajstić information content (AvgIpc) is 2.84. The van der Waals surface area contributed by atoms with Crippen LogP contribution in [-0.4, -0.2) is 22.9 Å². The Hall–Kier alpha value is -1.35. The molecule has 1 fully saturated rings. The Balaban J connectivity index is 2.32. The van der Waals surface area contributed by atoms with Gasteiger partial charge in [0.25, 0.3) is 0 Å². The lowest BCUT2D eigenvalue weighted by Gasteiger charge is -2.30. The van der Waals surface area contributed by atoms with Gasteiger partial charge in [0.05, 0.1) is 6.04 Å². The summed E-state index contributed by atoms with van der Waals surface area (Å²) >= 11 is 0. The smallest absolute Gasteiger partial charge is 0.241 e. The van der Waals surface area contributed by atoms with Crippen LogP contribution in [-0.2, 0) is 4.79 Å². The average molecular weight is 288 g/mol. The molecule has 1 N–H and O–H groups in total. The lowest BCUT2D eigenvalue weighted by atomic mass is 9.99. The van der Waals surface area contributed by atoms with E-state index < -0.39 is 0 Å². The molecule has 3 heteroatoms. The largest absolute Gasteiger partial charge is 0.319 e. The summed E-state index contributed by atoms with van der Waals surface area (Å²) in [6, 6.07) is 8.70. The first-order valence-corrected chi connectivity index (χ1v) is 8.14. The van der Waals surface area contributed by atoms with Crippen molar-refractivity contribution in [3.05, 3.63) is 35.4 Å². The number of aryl methyl sites for hydroxylation is 1. The summed E-state index contributed by atoms with van der Waals surface area (Å²) in [6.45, 7) is 10.7. The maximum absolute atomic E-state index is 12.8. The third kappa shape index (κ3) is 3.13. The van der Waals surface area contributed by atoms with Crippen molar-refractivity contribution in [2.24, 2.45) is 5.92 Å². The molecule has 1 aromatic rings. The van der Waals surface area contributed by atoms with Gasteiger partial charge < -0.3 is 4.90 Å². The predicted octanol–water partition coefficient (Wildman–Crippen LogP) is 3.64. The number of hydrogen-bond donors (Lipinski definition) is 1. The summed E-state index contributed by atoms with van der Waals surface area (Å²) in [7, 11) is 0. The quantitative estimate of drug-likeness (QED) is 0.897. The van der Waals surface area contributed by atoms with Crippen molar-refractivity contribution in [2.45, 2.75) is 65.7 Å². The lowest BCUT2D eigenvalue weighted by molar-refractivity contribution is -0.132. The Morgan fingerprint density at radius 3 is 2.29 bits per heavy atom. The molecule has 0 saturated carbocycles. The molecule has 3 nitrogen and oxygen atoms in total. The summed E-state index contributed by atoms with van der Waals surface area (Å²) in [5.41, 5.74) is 2.43. The van der Waals surface area contributed by atoms with Crippen molar-refractivity contribution in [2.75, 3.05) is 0 Å². The molecule has 2 rings (SSSR count). The van der Waals surface area contributed by atoms with Crippen LogP contribution in [0.3, 0.4) is 0 Å². The van der Waals surface area contributed by atoms with Gasteiger partial charge in [0.2, 0.25) is 5.91 Å². The van der Waals surface area contributed by atoms with Gasteiger partial charge in [-0.2, -0.15) is 0 Å². The minimum Gasteiger partial charge on any atom is -0.319 e. The normalized spacial score (nSPS) is 25.2. The summed E-state index contributed by atoms with van der Waals surface area (Å²) in [5, 5.41) is 3.57. The van der Waals surface area contributed by atoms with Gasteiger partial charge in [0, 0.05) is 6.04 Å². The Kier molecular flexibility index (Phi) is 5.04. The molecule has 1 aliphatic heterocycles. The molecule has 1 heterocycles. The van der Waals surface area contributed by atoms with Crippen LogP contribution >= 0.6 is 0 Å². The molecule has 0 radical (unpaired) electrons. The van der Waals surface area contributed by atoms with Gasteiger partial charge in [-0.3, -0.25) is 10.1 Å². The fourth-order valence-corrected chi connectivity index (χ4v) is 2.93. The highest BCUT2D eigenvalue weighted by atomic mass is 16.2. The van der Waals surface area contributed by atoms with Gasteiger partial charge in [-0.15, -0.1) is 0 Å². The van der Waals surface area contributed by atoms with Crippen molar-refractivity contribution in [1.82, 2.24) is 10.2 Å². The van der Waals surface area contributed by atoms with Crippen LogP contribution in [0.5, 0.6) is 0 Å². The number of carbonyl (C=O) groups excluding carboxylic acids is 1. The van der Waals surface area contributed by atoms with Crippen molar-refractivity contribution < 1.29 is 4.79 Å². The number of benzene rings is 1. The number of carbonyl (C=O) groups is 1. The van der Waals surface area contributed by atoms with E-state index >= 15 is 0 Å². The third-order valence-corrected chi connectivity index (χ3v) is 4.81. The van der Waals surface area contributed by atoms with Crippen molar-refractivity contribution in [3.63, 3.8) is 0 Å². The molecule has 0 aliphatic carbocycles. The van der Waals surface area contributed by atoms with Crippen LogP contribution in [0.4, 0.5) is 0 Å². The second-order valence-electron chi connectivity index (χ2n) is 6.35. The van der Waals surface area contributed by atoms with Crippen molar-refractivity contribution in [3.8, 4) is 0 Å². The molecule has 1 amide bonds. The summed E-state index contributed by atoms with van der Waals surface area (Å²) in [6.07, 6.45) is 1.99. The van der Waals surface area contributed by atoms with Crippen LogP contribution < -0.4 is 5.32 Å². The number of rotatable bonds is 5. The van der Waals surface area contributed by atoms with E-state index in [0.29, 0.717) is 5.92 Å². The van der Waals surface area contributed by atoms with Gasteiger partial charge in [0.1, 0.15) is 6.17 Å². The van der Waals surface area contributed by atoms with Crippen LogP contribution in [0.1, 0.15) is 57.8 Å². The number of hydrogen-bond acceptors (Lipinski definition) is 2. The van der Waals surface area contributed by atoms with Crippen LogP contribution in [0.2, 0.25) is 0 Å². The van der Waals surface area contributed by atoms with Crippen LogP contribution in [0.15, 0.2) is 24.3 Å². The van der Waals surface area contributed by atoms with E-state index in [1.54, 1.807) is 0 Å². The molecule has 21 heavy (non-hydrogen) atoms.